The number of nitrogens with one attached hydrogen (secondary N) is 1. The molecule has 0 saturated carbocycles. The van der Waals surface area contributed by atoms with Crippen LogP contribution in [-0.4, -0.2) is 25.7 Å². The van der Waals surface area contributed by atoms with Gasteiger partial charge in [0.25, 0.3) is 0 Å². The molecule has 3 rings (SSSR count). The molecule has 0 aliphatic carbocycles. The summed E-state index contributed by atoms with van der Waals surface area (Å²) in [4.78, 5) is 12.0. The van der Waals surface area contributed by atoms with Crippen molar-refractivity contribution in [2.75, 3.05) is 25.1 Å². The summed E-state index contributed by atoms with van der Waals surface area (Å²) in [7, 11) is 0. The average Bonchev–Trinajstić information content (AvgIpc) is 2.85. The molecular weight excluding hydrogens is 325 g/mol. The SMILES string of the molecule is O=C(CCCOc1ccc(F)cc1)Nc1ccc2c(c1)OCCCO2. The van der Waals surface area contributed by atoms with Crippen molar-refractivity contribution in [2.24, 2.45) is 0 Å². The second kappa shape index (κ2) is 8.37. The quantitative estimate of drug-likeness (QED) is 0.810. The molecule has 1 aliphatic heterocycles. The number of anilines is 1. The Morgan fingerprint density at radius 2 is 1.84 bits per heavy atom. The fourth-order valence-corrected chi connectivity index (χ4v) is 2.42. The van der Waals surface area contributed by atoms with Crippen LogP contribution in [-0.2, 0) is 4.79 Å². The van der Waals surface area contributed by atoms with Gasteiger partial charge in [0.1, 0.15) is 11.6 Å². The second-order valence-electron chi connectivity index (χ2n) is 5.67. The predicted molar refractivity (Wildman–Crippen MR) is 91.8 cm³/mol. The summed E-state index contributed by atoms with van der Waals surface area (Å²) in [6.45, 7) is 1.62. The Kier molecular flexibility index (Phi) is 5.72. The molecule has 0 bridgehead atoms. The molecule has 6 heteroatoms. The first-order valence-corrected chi connectivity index (χ1v) is 8.28. The molecule has 1 N–H and O–H groups in total. The molecule has 1 heterocycles. The summed E-state index contributed by atoms with van der Waals surface area (Å²) in [5.41, 5.74) is 0.675. The van der Waals surface area contributed by atoms with Gasteiger partial charge < -0.3 is 19.5 Å². The van der Waals surface area contributed by atoms with Gasteiger partial charge in [0.15, 0.2) is 11.5 Å². The molecule has 0 spiro atoms. The number of benzene rings is 2. The van der Waals surface area contributed by atoms with E-state index >= 15 is 0 Å². The maximum absolute atomic E-state index is 12.8. The largest absolute Gasteiger partial charge is 0.494 e. The van der Waals surface area contributed by atoms with Crippen LogP contribution in [0.4, 0.5) is 10.1 Å². The van der Waals surface area contributed by atoms with E-state index in [4.69, 9.17) is 14.2 Å². The zero-order valence-corrected chi connectivity index (χ0v) is 13.8. The minimum absolute atomic E-state index is 0.0998. The molecule has 25 heavy (non-hydrogen) atoms. The number of hydrogen-bond acceptors (Lipinski definition) is 4. The molecule has 5 nitrogen and oxygen atoms in total. The van der Waals surface area contributed by atoms with Crippen molar-refractivity contribution in [1.29, 1.82) is 0 Å². The highest BCUT2D eigenvalue weighted by atomic mass is 19.1. The lowest BCUT2D eigenvalue weighted by atomic mass is 10.2. The van der Waals surface area contributed by atoms with Crippen molar-refractivity contribution in [3.63, 3.8) is 0 Å². The lowest BCUT2D eigenvalue weighted by molar-refractivity contribution is -0.116. The van der Waals surface area contributed by atoms with E-state index in [0.29, 0.717) is 55.6 Å². The Labute approximate surface area is 145 Å². The van der Waals surface area contributed by atoms with E-state index in [0.717, 1.165) is 6.42 Å². The van der Waals surface area contributed by atoms with Crippen molar-refractivity contribution in [3.05, 3.63) is 48.3 Å². The summed E-state index contributed by atoms with van der Waals surface area (Å²) in [6, 6.07) is 11.2. The van der Waals surface area contributed by atoms with Gasteiger partial charge in [-0.2, -0.15) is 0 Å². The number of halogens is 1. The van der Waals surface area contributed by atoms with Crippen LogP contribution in [0.2, 0.25) is 0 Å². The molecular formula is C19H20FNO4. The summed E-state index contributed by atoms with van der Waals surface area (Å²) in [6.07, 6.45) is 1.73. The molecule has 2 aromatic rings. The van der Waals surface area contributed by atoms with E-state index in [1.807, 2.05) is 0 Å². The summed E-state index contributed by atoms with van der Waals surface area (Å²) < 4.78 is 29.4. The Bertz CT molecular complexity index is 718. The summed E-state index contributed by atoms with van der Waals surface area (Å²) >= 11 is 0. The average molecular weight is 345 g/mol. The van der Waals surface area contributed by atoms with E-state index < -0.39 is 0 Å². The van der Waals surface area contributed by atoms with E-state index in [1.54, 1.807) is 30.3 Å². The van der Waals surface area contributed by atoms with Crippen LogP contribution < -0.4 is 19.5 Å². The lowest BCUT2D eigenvalue weighted by Gasteiger charge is -2.10. The van der Waals surface area contributed by atoms with Gasteiger partial charge in [0.2, 0.25) is 5.91 Å². The first-order chi connectivity index (χ1) is 12.2. The van der Waals surface area contributed by atoms with Gasteiger partial charge in [0.05, 0.1) is 19.8 Å². The predicted octanol–water partition coefficient (Wildman–Crippen LogP) is 3.78. The zero-order chi connectivity index (χ0) is 17.5. The van der Waals surface area contributed by atoms with Crippen LogP contribution in [0.25, 0.3) is 0 Å². The van der Waals surface area contributed by atoms with E-state index in [-0.39, 0.29) is 11.7 Å². The number of carbonyl (C=O) groups is 1. The normalized spacial score (nSPS) is 13.0. The highest BCUT2D eigenvalue weighted by molar-refractivity contribution is 5.91. The monoisotopic (exact) mass is 345 g/mol. The van der Waals surface area contributed by atoms with Crippen molar-refractivity contribution in [3.8, 4) is 17.2 Å². The number of ether oxygens (including phenoxy) is 3. The molecule has 0 saturated heterocycles. The maximum Gasteiger partial charge on any atom is 0.224 e. The molecule has 0 aromatic heterocycles. The van der Waals surface area contributed by atoms with Crippen LogP contribution in [0.15, 0.2) is 42.5 Å². The Balaban J connectivity index is 1.43. The second-order valence-corrected chi connectivity index (χ2v) is 5.67. The van der Waals surface area contributed by atoms with Crippen LogP contribution in [0.5, 0.6) is 17.2 Å². The van der Waals surface area contributed by atoms with Crippen LogP contribution >= 0.6 is 0 Å². The Morgan fingerprint density at radius 3 is 2.64 bits per heavy atom. The molecule has 0 fully saturated rings. The number of hydrogen-bond donors (Lipinski definition) is 1. The van der Waals surface area contributed by atoms with Crippen molar-refractivity contribution in [1.82, 2.24) is 0 Å². The fourth-order valence-electron chi connectivity index (χ4n) is 2.42. The van der Waals surface area contributed by atoms with Gasteiger partial charge in [-0.3, -0.25) is 4.79 Å². The zero-order valence-electron chi connectivity index (χ0n) is 13.8. The smallest absolute Gasteiger partial charge is 0.224 e. The van der Waals surface area contributed by atoms with Crippen molar-refractivity contribution in [2.45, 2.75) is 19.3 Å². The van der Waals surface area contributed by atoms with E-state index in [2.05, 4.69) is 5.32 Å². The minimum Gasteiger partial charge on any atom is -0.494 e. The molecule has 0 unspecified atom stereocenters. The third-order valence-electron chi connectivity index (χ3n) is 3.66. The maximum atomic E-state index is 12.8. The molecule has 0 radical (unpaired) electrons. The highest BCUT2D eigenvalue weighted by Crippen LogP contribution is 2.32. The summed E-state index contributed by atoms with van der Waals surface area (Å²) in [5, 5.41) is 2.84. The highest BCUT2D eigenvalue weighted by Gasteiger charge is 2.11. The third kappa shape index (κ3) is 5.11. The van der Waals surface area contributed by atoms with Gasteiger partial charge in [0, 0.05) is 24.6 Å². The Morgan fingerprint density at radius 1 is 1.08 bits per heavy atom. The standard InChI is InChI=1S/C19H20FNO4/c20-14-4-7-16(8-5-14)23-10-1-3-19(22)21-15-6-9-17-18(13-15)25-12-2-11-24-17/h4-9,13H,1-3,10-12H2,(H,21,22). The number of carbonyl (C=O) groups excluding carboxylic acids is 1. The first kappa shape index (κ1) is 17.1. The molecule has 0 atom stereocenters. The van der Waals surface area contributed by atoms with Gasteiger partial charge in [-0.15, -0.1) is 0 Å². The molecule has 1 aliphatic rings. The van der Waals surface area contributed by atoms with Crippen LogP contribution in [0.1, 0.15) is 19.3 Å². The number of amides is 1. The number of rotatable bonds is 6. The third-order valence-corrected chi connectivity index (χ3v) is 3.66. The van der Waals surface area contributed by atoms with Crippen molar-refractivity contribution >= 4 is 11.6 Å². The van der Waals surface area contributed by atoms with Gasteiger partial charge >= 0.3 is 0 Å². The van der Waals surface area contributed by atoms with E-state index in [1.165, 1.54) is 12.1 Å². The van der Waals surface area contributed by atoms with E-state index in [9.17, 15) is 9.18 Å². The topological polar surface area (TPSA) is 56.8 Å². The fraction of sp³-hybridized carbons (Fsp3) is 0.316. The molecule has 1 amide bonds. The Hall–Kier alpha value is -2.76. The molecule has 2 aromatic carbocycles. The van der Waals surface area contributed by atoms with Gasteiger partial charge in [-0.1, -0.05) is 0 Å². The number of fused-ring (bicyclic) bond motifs is 1. The molecule has 132 valence electrons. The first-order valence-electron chi connectivity index (χ1n) is 8.28. The minimum atomic E-state index is -0.304. The van der Waals surface area contributed by atoms with Crippen LogP contribution in [0.3, 0.4) is 0 Å². The van der Waals surface area contributed by atoms with Crippen LogP contribution in [0, 0.1) is 5.82 Å². The van der Waals surface area contributed by atoms with Crippen molar-refractivity contribution < 1.29 is 23.4 Å². The van der Waals surface area contributed by atoms with Gasteiger partial charge in [-0.25, -0.2) is 4.39 Å². The lowest BCUT2D eigenvalue weighted by Crippen LogP contribution is -2.13. The van der Waals surface area contributed by atoms with Gasteiger partial charge in [-0.05, 0) is 42.8 Å². The summed E-state index contributed by atoms with van der Waals surface area (Å²) in [5.74, 6) is 1.53.